The lowest BCUT2D eigenvalue weighted by Gasteiger charge is -2.37. The molecule has 5 aliphatic rings. The number of carbonyl (C=O) groups excluding carboxylic acids is 2. The fourth-order valence-electron chi connectivity index (χ4n) is 9.53. The summed E-state index contributed by atoms with van der Waals surface area (Å²) < 4.78 is 64.3. The minimum atomic E-state index is -4.55. The molecular formula is C43H59F3N8O5. The number of halogens is 3. The molecule has 1 saturated carbocycles. The molecule has 0 radical (unpaired) electrons. The SMILES string of the molecule is CO[C@@H](C)c1ncc(N2CCN(C3CC3)CC2)c(C)c1-c1c2c3cc(ccc3n1CC(F)(F)F)N1CCO[C@@H](C[C@H](N)C(=O)N3CCC[C@H](N3)C(=O)OCC(C)(C)C2)C1. The van der Waals surface area contributed by atoms with E-state index < -0.39 is 42.3 Å². The van der Waals surface area contributed by atoms with Gasteiger partial charge in [-0.3, -0.25) is 24.5 Å². The molecule has 3 saturated heterocycles. The topological polar surface area (TPSA) is 131 Å². The van der Waals surface area contributed by atoms with Crippen LogP contribution in [-0.2, 0) is 36.8 Å². The summed E-state index contributed by atoms with van der Waals surface area (Å²) in [7, 11) is 1.59. The van der Waals surface area contributed by atoms with Crippen molar-refractivity contribution in [3.05, 3.63) is 41.2 Å². The highest BCUT2D eigenvalue weighted by Gasteiger charge is 2.39. The van der Waals surface area contributed by atoms with E-state index >= 15 is 0 Å². The van der Waals surface area contributed by atoms with E-state index in [1.54, 1.807) is 13.2 Å². The number of piperazine rings is 1. The van der Waals surface area contributed by atoms with Crippen LogP contribution in [0.2, 0.25) is 0 Å². The molecular weight excluding hydrogens is 766 g/mol. The maximum atomic E-state index is 15.0. The molecule has 4 atom stereocenters. The summed E-state index contributed by atoms with van der Waals surface area (Å²) in [4.78, 5) is 39.1. The number of nitrogens with one attached hydrogen (secondary N) is 1. The monoisotopic (exact) mass is 824 g/mol. The molecule has 2 aromatic heterocycles. The van der Waals surface area contributed by atoms with Gasteiger partial charge >= 0.3 is 12.1 Å². The van der Waals surface area contributed by atoms with Crippen molar-refractivity contribution in [3.8, 4) is 11.3 Å². The van der Waals surface area contributed by atoms with Crippen molar-refractivity contribution < 1.29 is 37.0 Å². The van der Waals surface area contributed by atoms with E-state index in [2.05, 4.69) is 20.1 Å². The summed E-state index contributed by atoms with van der Waals surface area (Å²) >= 11 is 0. The number of carbonyl (C=O) groups is 2. The third kappa shape index (κ3) is 8.79. The van der Waals surface area contributed by atoms with Crippen LogP contribution in [-0.4, -0.2) is 128 Å². The van der Waals surface area contributed by atoms with Crippen LogP contribution < -0.4 is 21.0 Å². The van der Waals surface area contributed by atoms with Crippen LogP contribution in [0.25, 0.3) is 22.2 Å². The van der Waals surface area contributed by atoms with Gasteiger partial charge < -0.3 is 34.3 Å². The molecule has 13 nitrogen and oxygen atoms in total. The Morgan fingerprint density at radius 3 is 2.54 bits per heavy atom. The van der Waals surface area contributed by atoms with Crippen molar-refractivity contribution >= 4 is 34.2 Å². The molecule has 0 spiro atoms. The van der Waals surface area contributed by atoms with Crippen LogP contribution in [0.15, 0.2) is 24.4 Å². The van der Waals surface area contributed by atoms with Gasteiger partial charge in [0.2, 0.25) is 0 Å². The molecule has 6 bridgehead atoms. The molecule has 59 heavy (non-hydrogen) atoms. The largest absolute Gasteiger partial charge is 0.464 e. The quantitative estimate of drug-likeness (QED) is 0.322. The number of nitrogens with zero attached hydrogens (tertiary/aromatic N) is 6. The van der Waals surface area contributed by atoms with Crippen LogP contribution in [0, 0.1) is 12.3 Å². The van der Waals surface area contributed by atoms with Gasteiger partial charge in [-0.1, -0.05) is 13.8 Å². The molecule has 8 rings (SSSR count). The first-order chi connectivity index (χ1) is 28.1. The number of alkyl halides is 3. The normalized spacial score (nSPS) is 25.6. The van der Waals surface area contributed by atoms with Gasteiger partial charge in [0, 0.05) is 86.5 Å². The molecule has 0 unspecified atom stereocenters. The van der Waals surface area contributed by atoms with E-state index in [4.69, 9.17) is 24.9 Å². The Kier molecular flexibility index (Phi) is 11.7. The molecule has 1 aliphatic carbocycles. The van der Waals surface area contributed by atoms with Crippen LogP contribution in [0.5, 0.6) is 0 Å². The Bertz CT molecular complexity index is 2040. The number of cyclic esters (lactones) is 1. The fourth-order valence-corrected chi connectivity index (χ4v) is 9.53. The molecule has 1 amide bonds. The maximum absolute atomic E-state index is 15.0. The number of benzene rings is 1. The number of methoxy groups -OCH3 is 1. The Balaban J connectivity index is 1.30. The van der Waals surface area contributed by atoms with Crippen LogP contribution >= 0.6 is 0 Å². The van der Waals surface area contributed by atoms with Gasteiger partial charge in [-0.25, -0.2) is 5.43 Å². The van der Waals surface area contributed by atoms with Crippen molar-refractivity contribution in [3.63, 3.8) is 0 Å². The average molecular weight is 825 g/mol. The van der Waals surface area contributed by atoms with E-state index in [1.807, 2.05) is 46.0 Å². The van der Waals surface area contributed by atoms with Gasteiger partial charge in [-0.2, -0.15) is 13.2 Å². The highest BCUT2D eigenvalue weighted by atomic mass is 19.4. The summed E-state index contributed by atoms with van der Waals surface area (Å²) in [5.74, 6) is -0.810. The summed E-state index contributed by atoms with van der Waals surface area (Å²) in [5.41, 5.74) is 14.2. The number of pyridine rings is 1. The maximum Gasteiger partial charge on any atom is 0.406 e. The molecule has 16 heteroatoms. The summed E-state index contributed by atoms with van der Waals surface area (Å²) in [5, 5.41) is 2.11. The van der Waals surface area contributed by atoms with Crippen LogP contribution in [0.3, 0.4) is 0 Å². The Morgan fingerprint density at radius 1 is 1.07 bits per heavy atom. The standard InChI is InChI=1S/C43H59F3N8O5/c1-26-36(51-15-13-50(14-16-51)28-8-9-28)22-48-38(27(2)57-5)37(26)39-32-21-42(3,4)25-59-41(56)34-7-6-12-54(49-34)40(55)33(47)20-30-23-52(17-18-58-30)29-10-11-35(31(32)19-29)53(39)24-43(44,45)46/h10-11,19,22,27-28,30,33-34,49H,6-9,12-18,20-21,23-25,47H2,1-5H3/t27-,30-,33-,34-/m0/s1. The van der Waals surface area contributed by atoms with Gasteiger partial charge in [0.1, 0.15) is 12.6 Å². The zero-order valence-corrected chi connectivity index (χ0v) is 34.9. The molecule has 4 aliphatic heterocycles. The average Bonchev–Trinajstić information content (AvgIpc) is 4.03. The number of hydrogen-bond donors (Lipinski definition) is 2. The summed E-state index contributed by atoms with van der Waals surface area (Å²) in [6, 6.07) is 4.69. The number of hydrogen-bond acceptors (Lipinski definition) is 11. The predicted octanol–water partition coefficient (Wildman–Crippen LogP) is 5.11. The summed E-state index contributed by atoms with van der Waals surface area (Å²) in [6.45, 7) is 11.8. The molecule has 3 aromatic rings. The number of fused-ring (bicyclic) bond motifs is 6. The van der Waals surface area contributed by atoms with Crippen molar-refractivity contribution in [2.24, 2.45) is 11.1 Å². The third-order valence-corrected chi connectivity index (χ3v) is 12.9. The number of aromatic nitrogens is 2. The number of anilines is 2. The number of esters is 1. The van der Waals surface area contributed by atoms with Crippen molar-refractivity contribution in [2.45, 2.75) is 109 Å². The van der Waals surface area contributed by atoms with E-state index in [0.717, 1.165) is 48.7 Å². The third-order valence-electron chi connectivity index (χ3n) is 12.9. The molecule has 322 valence electrons. The fraction of sp³-hybridized carbons (Fsp3) is 0.651. The van der Waals surface area contributed by atoms with Gasteiger partial charge in [-0.05, 0) is 81.7 Å². The Hall–Kier alpha value is -3.96. The van der Waals surface area contributed by atoms with E-state index in [-0.39, 0.29) is 31.5 Å². The number of hydrazine groups is 1. The van der Waals surface area contributed by atoms with Crippen LogP contribution in [0.1, 0.15) is 75.8 Å². The molecule has 1 aromatic carbocycles. The lowest BCUT2D eigenvalue weighted by atomic mass is 9.83. The number of morpholine rings is 1. The lowest BCUT2D eigenvalue weighted by Crippen LogP contribution is -2.59. The van der Waals surface area contributed by atoms with Gasteiger partial charge in [0.05, 0.1) is 54.7 Å². The van der Waals surface area contributed by atoms with Gasteiger partial charge in [-0.15, -0.1) is 0 Å². The van der Waals surface area contributed by atoms with E-state index in [9.17, 15) is 22.8 Å². The summed E-state index contributed by atoms with van der Waals surface area (Å²) in [6.07, 6.45) is 0.502. The lowest BCUT2D eigenvalue weighted by molar-refractivity contribution is -0.155. The Morgan fingerprint density at radius 2 is 1.83 bits per heavy atom. The van der Waals surface area contributed by atoms with Crippen LogP contribution in [0.4, 0.5) is 24.5 Å². The van der Waals surface area contributed by atoms with Gasteiger partial charge in [0.25, 0.3) is 5.91 Å². The number of nitrogens with two attached hydrogens (primary N) is 1. The minimum Gasteiger partial charge on any atom is -0.464 e. The van der Waals surface area contributed by atoms with Crippen molar-refractivity contribution in [1.82, 2.24) is 24.9 Å². The smallest absolute Gasteiger partial charge is 0.406 e. The zero-order chi connectivity index (χ0) is 41.8. The van der Waals surface area contributed by atoms with E-state index in [1.165, 1.54) is 22.4 Å². The van der Waals surface area contributed by atoms with E-state index in [0.29, 0.717) is 73.0 Å². The zero-order valence-electron chi connectivity index (χ0n) is 34.9. The highest BCUT2D eigenvalue weighted by molar-refractivity contribution is 5.96. The first-order valence-electron chi connectivity index (χ1n) is 21.2. The second kappa shape index (κ2) is 16.5. The second-order valence-electron chi connectivity index (χ2n) is 17.9. The molecule has 4 fully saturated rings. The highest BCUT2D eigenvalue weighted by Crippen LogP contribution is 2.46. The first kappa shape index (κ1) is 41.8. The molecule has 6 heterocycles. The number of rotatable bonds is 6. The first-order valence-corrected chi connectivity index (χ1v) is 21.2. The van der Waals surface area contributed by atoms with Crippen molar-refractivity contribution in [2.75, 3.05) is 75.9 Å². The number of amides is 1. The minimum absolute atomic E-state index is 0.00241. The van der Waals surface area contributed by atoms with Crippen molar-refractivity contribution in [1.29, 1.82) is 0 Å². The second-order valence-corrected chi connectivity index (χ2v) is 17.9. The molecule has 3 N–H and O–H groups in total. The van der Waals surface area contributed by atoms with Gasteiger partial charge in [0.15, 0.2) is 0 Å². The predicted molar refractivity (Wildman–Crippen MR) is 219 cm³/mol. The Labute approximate surface area is 344 Å². The number of ether oxygens (including phenoxy) is 3.